The van der Waals surface area contributed by atoms with Crippen molar-refractivity contribution in [2.45, 2.75) is 12.5 Å². The smallest absolute Gasteiger partial charge is 0.273 e. The second kappa shape index (κ2) is 8.31. The van der Waals surface area contributed by atoms with Crippen molar-refractivity contribution in [2.75, 3.05) is 30.8 Å². The normalized spacial score (nSPS) is 16.1. The van der Waals surface area contributed by atoms with Gasteiger partial charge in [-0.25, -0.2) is 9.97 Å². The number of rotatable bonds is 6. The lowest BCUT2D eigenvalue weighted by atomic mass is 10.3. The topological polar surface area (TPSA) is 109 Å². The maximum atomic E-state index is 12.6. The van der Waals surface area contributed by atoms with Gasteiger partial charge in [0.2, 0.25) is 17.7 Å². The number of likely N-dealkylation sites (tertiary alicyclic amines) is 1. The first-order valence-electron chi connectivity index (χ1n) is 8.01. The predicted molar refractivity (Wildman–Crippen MR) is 102 cm³/mol. The molecule has 1 atom stereocenters. The summed E-state index contributed by atoms with van der Waals surface area (Å²) in [5.41, 5.74) is 0.296. The van der Waals surface area contributed by atoms with Gasteiger partial charge in [0.15, 0.2) is 5.13 Å². The highest BCUT2D eigenvalue weighted by atomic mass is 35.5. The van der Waals surface area contributed by atoms with Crippen LogP contribution in [0.5, 0.6) is 5.88 Å². The maximum absolute atomic E-state index is 12.6. The second-order valence-electron chi connectivity index (χ2n) is 5.66. The van der Waals surface area contributed by atoms with Gasteiger partial charge in [0, 0.05) is 24.5 Å². The zero-order valence-electron chi connectivity index (χ0n) is 14.4. The van der Waals surface area contributed by atoms with Crippen molar-refractivity contribution >= 4 is 45.8 Å². The number of amides is 2. The molecule has 3 rings (SSSR count). The third kappa shape index (κ3) is 4.52. The van der Waals surface area contributed by atoms with Crippen LogP contribution in [0.25, 0.3) is 0 Å². The van der Waals surface area contributed by atoms with Gasteiger partial charge in [-0.05, 0) is 12.5 Å². The molecule has 0 bridgehead atoms. The molecule has 27 heavy (non-hydrogen) atoms. The van der Waals surface area contributed by atoms with E-state index < -0.39 is 0 Å². The minimum Gasteiger partial charge on any atom is -0.480 e. The molecule has 11 heteroatoms. The van der Waals surface area contributed by atoms with Crippen molar-refractivity contribution in [1.29, 1.82) is 0 Å². The maximum Gasteiger partial charge on any atom is 0.273 e. The quantitative estimate of drug-likeness (QED) is 0.704. The summed E-state index contributed by atoms with van der Waals surface area (Å²) in [6.07, 6.45) is 3.35. The number of nitrogens with zero attached hydrogens (tertiary/aromatic N) is 4. The van der Waals surface area contributed by atoms with Crippen LogP contribution in [0.1, 0.15) is 16.9 Å². The van der Waals surface area contributed by atoms with Gasteiger partial charge in [0.1, 0.15) is 10.7 Å². The van der Waals surface area contributed by atoms with Crippen LogP contribution in [0.3, 0.4) is 0 Å². The molecular formula is C16H17ClN6O3S. The van der Waals surface area contributed by atoms with Crippen molar-refractivity contribution in [3.63, 3.8) is 0 Å². The van der Waals surface area contributed by atoms with E-state index in [0.717, 1.165) is 12.5 Å². The van der Waals surface area contributed by atoms with Crippen LogP contribution < -0.4 is 15.4 Å². The van der Waals surface area contributed by atoms with Crippen molar-refractivity contribution in [1.82, 2.24) is 19.9 Å². The van der Waals surface area contributed by atoms with Crippen LogP contribution in [-0.2, 0) is 4.79 Å². The minimum atomic E-state index is -0.368. The van der Waals surface area contributed by atoms with E-state index in [4.69, 9.17) is 16.3 Å². The number of ether oxygens (including phenoxy) is 1. The fourth-order valence-electron chi connectivity index (χ4n) is 2.56. The zero-order valence-corrected chi connectivity index (χ0v) is 16.0. The van der Waals surface area contributed by atoms with Crippen molar-refractivity contribution < 1.29 is 14.3 Å². The Hall–Kier alpha value is -2.72. The van der Waals surface area contributed by atoms with Crippen LogP contribution in [0, 0.1) is 0 Å². The van der Waals surface area contributed by atoms with Crippen LogP contribution in [0.15, 0.2) is 24.2 Å². The monoisotopic (exact) mass is 408 g/mol. The van der Waals surface area contributed by atoms with E-state index in [-0.39, 0.29) is 23.7 Å². The van der Waals surface area contributed by atoms with Crippen molar-refractivity contribution in [2.24, 2.45) is 0 Å². The lowest BCUT2D eigenvalue weighted by molar-refractivity contribution is -0.111. The molecule has 0 unspecified atom stereocenters. The number of anilines is 2. The van der Waals surface area contributed by atoms with E-state index in [2.05, 4.69) is 32.2 Å². The first kappa shape index (κ1) is 19.1. The number of carbonyl (C=O) groups is 2. The van der Waals surface area contributed by atoms with Crippen LogP contribution >= 0.6 is 22.9 Å². The molecule has 9 nitrogen and oxygen atoms in total. The highest BCUT2D eigenvalue weighted by Gasteiger charge is 2.29. The molecule has 2 N–H and O–H groups in total. The van der Waals surface area contributed by atoms with E-state index >= 15 is 0 Å². The molecule has 1 fully saturated rings. The lowest BCUT2D eigenvalue weighted by Gasteiger charge is -2.16. The number of halogens is 1. The van der Waals surface area contributed by atoms with Gasteiger partial charge in [-0.15, -0.1) is 11.3 Å². The van der Waals surface area contributed by atoms with Gasteiger partial charge in [-0.2, -0.15) is 4.98 Å². The number of hydrogen-bond donors (Lipinski definition) is 2. The lowest BCUT2D eigenvalue weighted by Crippen LogP contribution is -2.32. The molecule has 2 aromatic heterocycles. The minimum absolute atomic E-state index is 0.00148. The summed E-state index contributed by atoms with van der Waals surface area (Å²) in [6.45, 7) is 4.44. The summed E-state index contributed by atoms with van der Waals surface area (Å²) in [6, 6.07) is -0.00148. The number of methoxy groups -OCH3 is 1. The highest BCUT2D eigenvalue weighted by molar-refractivity contribution is 7.14. The summed E-state index contributed by atoms with van der Waals surface area (Å²) in [4.78, 5) is 38.1. The molecule has 142 valence electrons. The molecule has 1 saturated heterocycles. The Morgan fingerprint density at radius 2 is 2.30 bits per heavy atom. The molecule has 0 saturated carbocycles. The number of thiazole rings is 1. The van der Waals surface area contributed by atoms with E-state index in [9.17, 15) is 9.59 Å². The van der Waals surface area contributed by atoms with Crippen LogP contribution in [-0.4, -0.2) is 57.9 Å². The van der Waals surface area contributed by atoms with Gasteiger partial charge in [0.25, 0.3) is 5.91 Å². The van der Waals surface area contributed by atoms with Crippen molar-refractivity contribution in [3.8, 4) is 5.88 Å². The van der Waals surface area contributed by atoms with E-state index in [0.29, 0.717) is 34.9 Å². The standard InChI is InChI=1S/C16H17ClN6O3S/c1-3-12(24)21-16-20-11(8-27-16)14(25)23-5-4-9(7-23)19-15-18-6-10(17)13(22-15)26-2/h3,6,8-9H,1,4-5,7H2,2H3,(H,18,19,22)(H,20,21,24)/t9-/m1/s1. The summed E-state index contributed by atoms with van der Waals surface area (Å²) in [5.74, 6) is 0.117. The third-order valence-corrected chi connectivity index (χ3v) is 4.87. The van der Waals surface area contributed by atoms with E-state index in [1.54, 1.807) is 10.3 Å². The van der Waals surface area contributed by atoms with Crippen molar-refractivity contribution in [3.05, 3.63) is 34.9 Å². The fourth-order valence-corrected chi connectivity index (χ4v) is 3.41. The van der Waals surface area contributed by atoms with Gasteiger partial charge >= 0.3 is 0 Å². The molecule has 3 heterocycles. The molecule has 0 spiro atoms. The molecule has 1 aliphatic heterocycles. The molecule has 0 aromatic carbocycles. The second-order valence-corrected chi connectivity index (χ2v) is 6.93. The molecule has 0 aliphatic carbocycles. The SMILES string of the molecule is C=CC(=O)Nc1nc(C(=O)N2CC[C@@H](Nc3ncc(Cl)c(OC)n3)C2)cs1. The number of aromatic nitrogens is 3. The van der Waals surface area contributed by atoms with Gasteiger partial charge in [0.05, 0.1) is 13.3 Å². The van der Waals surface area contributed by atoms with E-state index in [1.165, 1.54) is 24.6 Å². The molecular weight excluding hydrogens is 392 g/mol. The Balaban J connectivity index is 1.59. The molecule has 2 amide bonds. The van der Waals surface area contributed by atoms with E-state index in [1.807, 2.05) is 0 Å². The fraction of sp³-hybridized carbons (Fsp3) is 0.312. The number of hydrogen-bond acceptors (Lipinski definition) is 8. The van der Waals surface area contributed by atoms with Crippen LogP contribution in [0.2, 0.25) is 5.02 Å². The third-order valence-electron chi connectivity index (χ3n) is 3.85. The summed E-state index contributed by atoms with van der Waals surface area (Å²) in [7, 11) is 1.48. The van der Waals surface area contributed by atoms with Gasteiger partial charge in [-0.1, -0.05) is 18.2 Å². The Morgan fingerprint density at radius 1 is 1.48 bits per heavy atom. The Morgan fingerprint density at radius 3 is 3.04 bits per heavy atom. The highest BCUT2D eigenvalue weighted by Crippen LogP contribution is 2.23. The number of carbonyl (C=O) groups excluding carboxylic acids is 2. The summed E-state index contributed by atoms with van der Waals surface area (Å²) < 4.78 is 5.07. The predicted octanol–water partition coefficient (Wildman–Crippen LogP) is 2.05. The Bertz CT molecular complexity index is 874. The molecule has 1 aliphatic rings. The summed E-state index contributed by atoms with van der Waals surface area (Å²) >= 11 is 7.11. The average molecular weight is 409 g/mol. The largest absolute Gasteiger partial charge is 0.480 e. The Labute approximate surface area is 164 Å². The zero-order chi connectivity index (χ0) is 19.4. The molecule has 0 radical (unpaired) electrons. The summed E-state index contributed by atoms with van der Waals surface area (Å²) in [5, 5.41) is 8.03. The van der Waals surface area contributed by atoms with Gasteiger partial charge in [-0.3, -0.25) is 14.9 Å². The first-order valence-corrected chi connectivity index (χ1v) is 9.27. The molecule has 2 aromatic rings. The Kier molecular flexibility index (Phi) is 5.87. The van der Waals surface area contributed by atoms with Crippen LogP contribution in [0.4, 0.5) is 11.1 Å². The number of nitrogens with one attached hydrogen (secondary N) is 2. The average Bonchev–Trinajstić information content (AvgIpc) is 3.32. The first-order chi connectivity index (χ1) is 13.0. The van der Waals surface area contributed by atoms with Gasteiger partial charge < -0.3 is 15.0 Å².